The summed E-state index contributed by atoms with van der Waals surface area (Å²) < 4.78 is 13.1. The number of hydrogen-bond acceptors (Lipinski definition) is 5. The summed E-state index contributed by atoms with van der Waals surface area (Å²) >= 11 is 1.63. The van der Waals surface area contributed by atoms with E-state index in [-0.39, 0.29) is 5.43 Å². The minimum Gasteiger partial charge on any atom is -0.497 e. The average Bonchev–Trinajstić information content (AvgIpc) is 3.36. The van der Waals surface area contributed by atoms with Crippen LogP contribution in [0.15, 0.2) is 76.6 Å². The van der Waals surface area contributed by atoms with Crippen molar-refractivity contribution in [2.24, 2.45) is 0 Å². The third-order valence-corrected chi connectivity index (χ3v) is 6.96. The highest BCUT2D eigenvalue weighted by Crippen LogP contribution is 2.52. The maximum Gasteiger partial charge on any atom is 0.195 e. The first-order valence-corrected chi connectivity index (χ1v) is 11.8. The molecule has 162 valence electrons. The van der Waals surface area contributed by atoms with Crippen LogP contribution in [-0.4, -0.2) is 30.3 Å². The molecule has 0 unspecified atom stereocenters. The zero-order chi connectivity index (χ0) is 22.7. The number of hydrogen-bond donors (Lipinski definition) is 0. The fraction of sp³-hybridized carbons (Fsp3) is 0.111. The Morgan fingerprint density at radius 2 is 1.36 bits per heavy atom. The van der Waals surface area contributed by atoms with Crippen LogP contribution in [0, 0.1) is 0 Å². The van der Waals surface area contributed by atoms with Gasteiger partial charge in [-0.15, -0.1) is 11.8 Å². The number of para-hydroxylation sites is 1. The zero-order valence-electron chi connectivity index (χ0n) is 18.4. The number of thioether (sulfide) groups is 1. The van der Waals surface area contributed by atoms with Crippen molar-refractivity contribution in [2.75, 3.05) is 20.5 Å². The van der Waals surface area contributed by atoms with Gasteiger partial charge in [-0.2, -0.15) is 5.10 Å². The highest BCUT2D eigenvalue weighted by molar-refractivity contribution is 7.98. The molecule has 5 aromatic rings. The summed E-state index contributed by atoms with van der Waals surface area (Å²) in [4.78, 5) is 13.0. The van der Waals surface area contributed by atoms with Crippen molar-refractivity contribution >= 4 is 11.8 Å². The number of methoxy groups -OCH3 is 2. The molecule has 1 aliphatic rings. The van der Waals surface area contributed by atoms with E-state index < -0.39 is 0 Å². The SMILES string of the molecule is COc1ccc2c(c1)-c1nn(-c3ccccc3)c(SC)c1-c1cc(OC)ccc1-c1c-2c1=O. The van der Waals surface area contributed by atoms with E-state index in [1.54, 1.807) is 26.0 Å². The van der Waals surface area contributed by atoms with Crippen LogP contribution in [0.2, 0.25) is 0 Å². The first-order valence-electron chi connectivity index (χ1n) is 10.5. The largest absolute Gasteiger partial charge is 0.497 e. The topological polar surface area (TPSA) is 53.4 Å². The molecule has 5 nitrogen and oxygen atoms in total. The molecule has 0 spiro atoms. The Morgan fingerprint density at radius 1 is 0.758 bits per heavy atom. The Bertz CT molecular complexity index is 1540. The molecule has 0 radical (unpaired) electrons. The number of ether oxygens (including phenoxy) is 2. The summed E-state index contributed by atoms with van der Waals surface area (Å²) in [6.07, 6.45) is 2.05. The van der Waals surface area contributed by atoms with E-state index in [2.05, 4.69) is 6.26 Å². The lowest BCUT2D eigenvalue weighted by atomic mass is 9.90. The van der Waals surface area contributed by atoms with Gasteiger partial charge in [0.25, 0.3) is 0 Å². The van der Waals surface area contributed by atoms with Crippen molar-refractivity contribution in [3.05, 3.63) is 77.0 Å². The molecule has 1 aromatic heterocycles. The van der Waals surface area contributed by atoms with E-state index in [0.717, 1.165) is 66.9 Å². The predicted molar refractivity (Wildman–Crippen MR) is 132 cm³/mol. The number of rotatable bonds is 4. The van der Waals surface area contributed by atoms with Gasteiger partial charge in [-0.3, -0.25) is 4.79 Å². The summed E-state index contributed by atoms with van der Waals surface area (Å²) in [5.74, 6) is 1.46. The van der Waals surface area contributed by atoms with Gasteiger partial charge >= 0.3 is 0 Å². The van der Waals surface area contributed by atoms with Crippen LogP contribution in [0.3, 0.4) is 0 Å². The second kappa shape index (κ2) is 7.39. The van der Waals surface area contributed by atoms with E-state index in [4.69, 9.17) is 14.6 Å². The smallest absolute Gasteiger partial charge is 0.195 e. The van der Waals surface area contributed by atoms with Gasteiger partial charge in [0.05, 0.1) is 19.9 Å². The third-order valence-electron chi connectivity index (χ3n) is 6.20. The van der Waals surface area contributed by atoms with E-state index in [1.807, 2.05) is 71.4 Å². The molecule has 33 heavy (non-hydrogen) atoms. The normalized spacial score (nSPS) is 11.7. The van der Waals surface area contributed by atoms with Gasteiger partial charge in [0.15, 0.2) is 5.43 Å². The Kier molecular flexibility index (Phi) is 4.45. The van der Waals surface area contributed by atoms with Crippen LogP contribution in [0.1, 0.15) is 0 Å². The second-order valence-corrected chi connectivity index (χ2v) is 8.68. The number of aromatic nitrogens is 2. The van der Waals surface area contributed by atoms with E-state index in [9.17, 15) is 4.79 Å². The summed E-state index contributed by atoms with van der Waals surface area (Å²) in [5.41, 5.74) is 8.03. The summed E-state index contributed by atoms with van der Waals surface area (Å²) in [7, 11) is 3.30. The monoisotopic (exact) mass is 452 g/mol. The molecule has 0 fully saturated rings. The summed E-state index contributed by atoms with van der Waals surface area (Å²) in [5, 5.41) is 6.11. The molecule has 0 N–H and O–H groups in total. The summed E-state index contributed by atoms with van der Waals surface area (Å²) in [6.45, 7) is 0. The number of fused-ring (bicyclic) bond motifs is 8. The van der Waals surface area contributed by atoms with E-state index in [0.29, 0.717) is 0 Å². The standard InChI is InChI=1S/C27H20N2O3S/c1-31-16-9-11-18-20(13-16)24-25(28-29(27(24)33-3)15-7-5-4-6-8-15)21-14-17(32-2)10-12-19(21)23-22(18)26(23)30/h4-14H,1-3H3. The molecule has 0 saturated carbocycles. The van der Waals surface area contributed by atoms with Gasteiger partial charge in [0.1, 0.15) is 22.2 Å². The van der Waals surface area contributed by atoms with Crippen LogP contribution < -0.4 is 14.9 Å². The van der Waals surface area contributed by atoms with E-state index >= 15 is 0 Å². The van der Waals surface area contributed by atoms with Gasteiger partial charge in [0.2, 0.25) is 0 Å². The zero-order valence-corrected chi connectivity index (χ0v) is 19.2. The predicted octanol–water partition coefficient (Wildman–Crippen LogP) is 5.83. The Labute approximate surface area is 195 Å². The summed E-state index contributed by atoms with van der Waals surface area (Å²) in [6, 6.07) is 21.8. The fourth-order valence-electron chi connectivity index (χ4n) is 4.59. The first-order chi connectivity index (χ1) is 16.2. The maximum absolute atomic E-state index is 13.0. The molecule has 6 heteroatoms. The molecule has 0 atom stereocenters. The number of nitrogens with zero attached hydrogens (tertiary/aromatic N) is 2. The molecule has 0 bridgehead atoms. The molecule has 4 aromatic carbocycles. The van der Waals surface area contributed by atoms with Crippen molar-refractivity contribution < 1.29 is 9.47 Å². The lowest BCUT2D eigenvalue weighted by molar-refractivity contribution is 0.415. The first kappa shape index (κ1) is 19.9. The quantitative estimate of drug-likeness (QED) is 0.315. The van der Waals surface area contributed by atoms with Crippen molar-refractivity contribution in [2.45, 2.75) is 5.03 Å². The molecule has 0 aliphatic heterocycles. The molecule has 0 saturated heterocycles. The molecule has 0 amide bonds. The minimum atomic E-state index is 0.0830. The van der Waals surface area contributed by atoms with Crippen LogP contribution in [0.4, 0.5) is 0 Å². The number of benzene rings is 3. The van der Waals surface area contributed by atoms with Gasteiger partial charge in [-0.25, -0.2) is 4.68 Å². The molecule has 1 aliphatic carbocycles. The van der Waals surface area contributed by atoms with Crippen LogP contribution in [0.25, 0.3) is 50.3 Å². The average molecular weight is 453 g/mol. The Balaban J connectivity index is 1.77. The third kappa shape index (κ3) is 2.87. The van der Waals surface area contributed by atoms with Crippen molar-refractivity contribution in [3.63, 3.8) is 0 Å². The fourth-order valence-corrected chi connectivity index (χ4v) is 5.32. The van der Waals surface area contributed by atoms with Gasteiger partial charge < -0.3 is 9.47 Å². The van der Waals surface area contributed by atoms with Crippen molar-refractivity contribution in [1.82, 2.24) is 9.78 Å². The van der Waals surface area contributed by atoms with E-state index in [1.165, 1.54) is 0 Å². The van der Waals surface area contributed by atoms with Gasteiger partial charge in [-0.05, 0) is 71.5 Å². The van der Waals surface area contributed by atoms with Crippen LogP contribution in [0.5, 0.6) is 11.5 Å². The Hall–Kier alpha value is -3.77. The molecular formula is C27H20N2O3S. The molecular weight excluding hydrogens is 432 g/mol. The van der Waals surface area contributed by atoms with Gasteiger partial charge in [0, 0.05) is 22.3 Å². The molecule has 6 rings (SSSR count). The van der Waals surface area contributed by atoms with Crippen molar-refractivity contribution in [1.29, 1.82) is 0 Å². The Morgan fingerprint density at radius 3 is 1.97 bits per heavy atom. The van der Waals surface area contributed by atoms with Crippen LogP contribution >= 0.6 is 11.8 Å². The van der Waals surface area contributed by atoms with Gasteiger partial charge in [-0.1, -0.05) is 18.2 Å². The minimum absolute atomic E-state index is 0.0830. The highest BCUT2D eigenvalue weighted by atomic mass is 32.2. The maximum atomic E-state index is 13.0. The van der Waals surface area contributed by atoms with Crippen molar-refractivity contribution in [3.8, 4) is 61.8 Å². The highest BCUT2D eigenvalue weighted by Gasteiger charge is 2.35. The van der Waals surface area contributed by atoms with Crippen LogP contribution in [-0.2, 0) is 0 Å². The lowest BCUT2D eigenvalue weighted by Crippen LogP contribution is -1.98. The lowest BCUT2D eigenvalue weighted by Gasteiger charge is -2.15. The second-order valence-electron chi connectivity index (χ2n) is 7.88. The molecule has 1 heterocycles.